The number of hydrogen-bond donors (Lipinski definition) is 8. The van der Waals surface area contributed by atoms with Gasteiger partial charge in [-0.2, -0.15) is 26.3 Å². The van der Waals surface area contributed by atoms with Crippen molar-refractivity contribution in [3.05, 3.63) is 0 Å². The Labute approximate surface area is 234 Å². The number of aliphatic imine (C=N–C) groups is 2. The third-order valence-electron chi connectivity index (χ3n) is 6.10. The fourth-order valence-electron chi connectivity index (χ4n) is 4.19. The number of ether oxygens (including phenoxy) is 1. The van der Waals surface area contributed by atoms with E-state index >= 15 is 0 Å². The van der Waals surface area contributed by atoms with Crippen molar-refractivity contribution in [1.29, 1.82) is 0 Å². The summed E-state index contributed by atoms with van der Waals surface area (Å²) in [5.74, 6) is -7.43. The van der Waals surface area contributed by atoms with Crippen molar-refractivity contribution in [2.45, 2.75) is 81.3 Å². The van der Waals surface area contributed by atoms with Gasteiger partial charge in [-0.15, -0.1) is 0 Å². The van der Waals surface area contributed by atoms with Gasteiger partial charge in [0.25, 0.3) is 0 Å². The average molecular weight is 626 g/mol. The zero-order valence-electron chi connectivity index (χ0n) is 22.2. The predicted molar refractivity (Wildman–Crippen MR) is 131 cm³/mol. The maximum atomic E-state index is 12.0. The monoisotopic (exact) mass is 625 g/mol. The summed E-state index contributed by atoms with van der Waals surface area (Å²) in [4.78, 5) is 40.0. The minimum atomic E-state index is -5.08. The van der Waals surface area contributed by atoms with E-state index in [0.717, 1.165) is 19.3 Å². The van der Waals surface area contributed by atoms with Gasteiger partial charge in [-0.1, -0.05) is 32.6 Å². The number of carbonyl (C=O) groups is 3. The number of carboxylic acid groups (broad SMARTS) is 2. The smallest absolute Gasteiger partial charge is 0.475 e. The van der Waals surface area contributed by atoms with Gasteiger partial charge in [0.2, 0.25) is 5.79 Å². The molecule has 0 radical (unpaired) electrons. The number of alkyl carbamates (subject to hydrolysis) is 1. The van der Waals surface area contributed by atoms with Crippen LogP contribution >= 0.6 is 0 Å². The number of hydrogen-bond acceptors (Lipinski definition) is 12. The standard InChI is InChI=1S/C17H31N7O4.2C2HF3O2/c1-2-3-4-5-6-8-20-15(25)28-10-11-12-17(23-13(18)22-12)16(26,27)7-9-24(17)14(19)21-11;2*3-2(4,5)1(6)7/h11-12,26-27H,2-10H2,1H3,(H2,19,21)(H,20,25)(H3,18,22,23);2*(H,6,7)/t11-,12-,17-;;/m0../s1. The summed E-state index contributed by atoms with van der Waals surface area (Å²) >= 11 is 0. The van der Waals surface area contributed by atoms with Crippen LogP contribution in [0.15, 0.2) is 9.98 Å². The first-order valence-electron chi connectivity index (χ1n) is 12.4. The van der Waals surface area contributed by atoms with E-state index in [1.54, 1.807) is 4.90 Å². The molecule has 21 heteroatoms. The Bertz CT molecular complexity index is 1000. The van der Waals surface area contributed by atoms with Gasteiger partial charge in [-0.3, -0.25) is 0 Å². The highest BCUT2D eigenvalue weighted by atomic mass is 19.4. The molecule has 0 aromatic rings. The quantitative estimate of drug-likeness (QED) is 0.101. The van der Waals surface area contributed by atoms with Crippen molar-refractivity contribution in [3.63, 3.8) is 0 Å². The third kappa shape index (κ3) is 9.39. The molecule has 0 aromatic carbocycles. The zero-order valence-corrected chi connectivity index (χ0v) is 22.2. The van der Waals surface area contributed by atoms with Crippen LogP contribution in [0.4, 0.5) is 31.1 Å². The molecular formula is C21H33F6N7O8. The highest BCUT2D eigenvalue weighted by molar-refractivity contribution is 5.87. The lowest BCUT2D eigenvalue weighted by molar-refractivity contribution is -0.221. The van der Waals surface area contributed by atoms with Crippen LogP contribution in [0.2, 0.25) is 0 Å². The summed E-state index contributed by atoms with van der Waals surface area (Å²) in [6.45, 7) is 2.89. The topological polar surface area (TPSA) is 245 Å². The van der Waals surface area contributed by atoms with Gasteiger partial charge >= 0.3 is 30.4 Å². The van der Waals surface area contributed by atoms with Crippen LogP contribution in [-0.4, -0.2) is 111 Å². The van der Waals surface area contributed by atoms with E-state index in [1.807, 2.05) is 0 Å². The number of carboxylic acids is 2. The van der Waals surface area contributed by atoms with E-state index < -0.39 is 53.9 Å². The Hall–Kier alpha value is -3.75. The Morgan fingerprint density at radius 3 is 2.05 bits per heavy atom. The first-order chi connectivity index (χ1) is 19.2. The molecule has 242 valence electrons. The van der Waals surface area contributed by atoms with E-state index in [1.165, 1.54) is 12.8 Å². The summed E-state index contributed by atoms with van der Waals surface area (Å²) in [5, 5.41) is 41.0. The number of rotatable bonds is 8. The van der Waals surface area contributed by atoms with Crippen molar-refractivity contribution in [3.8, 4) is 0 Å². The van der Waals surface area contributed by atoms with Gasteiger partial charge in [0.05, 0.1) is 0 Å². The van der Waals surface area contributed by atoms with Crippen molar-refractivity contribution in [2.24, 2.45) is 21.5 Å². The molecule has 1 fully saturated rings. The van der Waals surface area contributed by atoms with Crippen LogP contribution in [0.1, 0.15) is 45.4 Å². The largest absolute Gasteiger partial charge is 0.490 e. The van der Waals surface area contributed by atoms with Crippen LogP contribution in [-0.2, 0) is 14.3 Å². The molecule has 1 spiro atoms. The van der Waals surface area contributed by atoms with Crippen LogP contribution in [0.3, 0.4) is 0 Å². The fraction of sp³-hybridized carbons (Fsp3) is 0.762. The number of aliphatic hydroxyl groups is 2. The van der Waals surface area contributed by atoms with Gasteiger partial charge in [0.15, 0.2) is 17.6 Å². The molecule has 0 bridgehead atoms. The van der Waals surface area contributed by atoms with E-state index in [4.69, 9.17) is 36.0 Å². The number of guanidine groups is 2. The molecule has 3 rings (SSSR count). The fourth-order valence-corrected chi connectivity index (χ4v) is 4.19. The lowest BCUT2D eigenvalue weighted by atomic mass is 9.87. The Balaban J connectivity index is 0.000000522. The zero-order chi connectivity index (χ0) is 32.5. The number of alkyl halides is 6. The molecule has 1 saturated heterocycles. The second kappa shape index (κ2) is 14.4. The van der Waals surface area contributed by atoms with E-state index in [0.29, 0.717) is 13.1 Å². The molecule has 3 heterocycles. The minimum absolute atomic E-state index is 0.0572. The number of aliphatic carboxylic acids is 2. The SMILES string of the molecule is CCCCCCCNC(=O)OC[C@@H]1N=C(N)N2CCC(O)(O)[C@@]23NC(N)=N[C@@H]13.O=C(O)C(F)(F)F.O=C(O)C(F)(F)F. The minimum Gasteiger partial charge on any atom is -0.475 e. The molecule has 15 nitrogen and oxygen atoms in total. The number of amides is 1. The van der Waals surface area contributed by atoms with Crippen molar-refractivity contribution >= 4 is 30.0 Å². The second-order valence-corrected chi connectivity index (χ2v) is 9.17. The van der Waals surface area contributed by atoms with Gasteiger partial charge in [-0.25, -0.2) is 24.4 Å². The lowest BCUT2D eigenvalue weighted by Gasteiger charge is -2.48. The molecule has 3 atom stereocenters. The van der Waals surface area contributed by atoms with E-state index in [-0.39, 0.29) is 24.9 Å². The summed E-state index contributed by atoms with van der Waals surface area (Å²) in [6.07, 6.45) is -5.18. The normalized spacial score (nSPS) is 23.8. The molecule has 3 aliphatic rings. The number of nitrogens with one attached hydrogen (secondary N) is 2. The molecular weight excluding hydrogens is 592 g/mol. The molecule has 0 saturated carbocycles. The maximum Gasteiger partial charge on any atom is 0.490 e. The highest BCUT2D eigenvalue weighted by Gasteiger charge is 2.69. The predicted octanol–water partition coefficient (Wildman–Crippen LogP) is 0.0159. The molecule has 42 heavy (non-hydrogen) atoms. The lowest BCUT2D eigenvalue weighted by Crippen LogP contribution is -2.76. The van der Waals surface area contributed by atoms with Crippen LogP contribution < -0.4 is 22.1 Å². The number of nitrogens with zero attached hydrogens (tertiary/aromatic N) is 3. The summed E-state index contributed by atoms with van der Waals surface area (Å²) in [7, 11) is 0. The van der Waals surface area contributed by atoms with Crippen molar-refractivity contribution < 1.29 is 65.9 Å². The molecule has 3 aliphatic heterocycles. The summed E-state index contributed by atoms with van der Waals surface area (Å²) in [6, 6.07) is -1.43. The average Bonchev–Trinajstić information content (AvgIpc) is 3.35. The Kier molecular flexibility index (Phi) is 12.5. The maximum absolute atomic E-state index is 12.0. The number of unbranched alkanes of at least 4 members (excludes halogenated alkanes) is 4. The molecule has 1 amide bonds. The molecule has 0 unspecified atom stereocenters. The van der Waals surface area contributed by atoms with Crippen LogP contribution in [0.5, 0.6) is 0 Å². The van der Waals surface area contributed by atoms with E-state index in [9.17, 15) is 41.4 Å². The molecule has 10 N–H and O–H groups in total. The second-order valence-electron chi connectivity index (χ2n) is 9.17. The highest BCUT2D eigenvalue weighted by Crippen LogP contribution is 2.44. The van der Waals surface area contributed by atoms with Crippen LogP contribution in [0.25, 0.3) is 0 Å². The first-order valence-corrected chi connectivity index (χ1v) is 12.4. The van der Waals surface area contributed by atoms with Crippen molar-refractivity contribution in [2.75, 3.05) is 19.7 Å². The number of halogens is 6. The first kappa shape index (κ1) is 36.3. The van der Waals surface area contributed by atoms with Crippen LogP contribution in [0, 0.1) is 0 Å². The summed E-state index contributed by atoms with van der Waals surface area (Å²) in [5.41, 5.74) is 10.5. The van der Waals surface area contributed by atoms with Gasteiger partial charge in [0.1, 0.15) is 18.7 Å². The van der Waals surface area contributed by atoms with Gasteiger partial charge < -0.3 is 52.2 Å². The molecule has 0 aliphatic carbocycles. The van der Waals surface area contributed by atoms with Crippen molar-refractivity contribution in [1.82, 2.24) is 15.5 Å². The van der Waals surface area contributed by atoms with Gasteiger partial charge in [-0.05, 0) is 6.42 Å². The van der Waals surface area contributed by atoms with Gasteiger partial charge in [0, 0.05) is 19.5 Å². The summed E-state index contributed by atoms with van der Waals surface area (Å²) < 4.78 is 68.8. The number of carbonyl (C=O) groups excluding carboxylic acids is 1. The number of nitrogens with two attached hydrogens (primary N) is 2. The Morgan fingerprint density at radius 2 is 1.55 bits per heavy atom. The molecule has 0 aromatic heterocycles. The van der Waals surface area contributed by atoms with E-state index in [2.05, 4.69) is 27.5 Å². The Morgan fingerprint density at radius 1 is 1.02 bits per heavy atom. The third-order valence-corrected chi connectivity index (χ3v) is 6.10.